The molecule has 3 nitrogen and oxygen atoms in total. The van der Waals surface area contributed by atoms with Crippen molar-refractivity contribution in [3.63, 3.8) is 0 Å². The lowest BCUT2D eigenvalue weighted by molar-refractivity contribution is 0.0231. The van der Waals surface area contributed by atoms with E-state index in [1.54, 1.807) is 0 Å². The van der Waals surface area contributed by atoms with E-state index in [4.69, 9.17) is 9.47 Å². The van der Waals surface area contributed by atoms with Crippen LogP contribution in [0.5, 0.6) is 0 Å². The minimum Gasteiger partial charge on any atom is -0.383 e. The number of anilines is 1. The molecule has 1 heterocycles. The molecule has 1 aromatic carbocycles. The Morgan fingerprint density at radius 2 is 2.17 bits per heavy atom. The fourth-order valence-corrected chi connectivity index (χ4v) is 2.19. The number of aryl methyl sites for hydroxylation is 1. The number of nitrogens with one attached hydrogen (secondary N) is 1. The van der Waals surface area contributed by atoms with Gasteiger partial charge in [0.25, 0.3) is 0 Å². The summed E-state index contributed by atoms with van der Waals surface area (Å²) < 4.78 is 11.0. The molecule has 0 spiro atoms. The highest BCUT2D eigenvalue weighted by molar-refractivity contribution is 5.45. The van der Waals surface area contributed by atoms with E-state index >= 15 is 0 Å². The smallest absolute Gasteiger partial charge is 0.0639 e. The molecule has 18 heavy (non-hydrogen) atoms. The minimum atomic E-state index is 0.692. The maximum absolute atomic E-state index is 5.71. The van der Waals surface area contributed by atoms with Gasteiger partial charge in [-0.25, -0.2) is 0 Å². The average Bonchev–Trinajstić information content (AvgIpc) is 2.40. The van der Waals surface area contributed by atoms with Crippen LogP contribution < -0.4 is 5.32 Å². The third-order valence-electron chi connectivity index (χ3n) is 3.29. The maximum atomic E-state index is 5.71. The van der Waals surface area contributed by atoms with Crippen molar-refractivity contribution in [2.24, 2.45) is 5.92 Å². The van der Waals surface area contributed by atoms with Crippen LogP contribution in [-0.4, -0.2) is 33.0 Å². The van der Waals surface area contributed by atoms with Gasteiger partial charge in [0, 0.05) is 32.1 Å². The molecule has 1 aliphatic heterocycles. The molecule has 1 fully saturated rings. The first-order valence-corrected chi connectivity index (χ1v) is 6.80. The van der Waals surface area contributed by atoms with E-state index in [0.29, 0.717) is 5.92 Å². The highest BCUT2D eigenvalue weighted by Crippen LogP contribution is 2.14. The first-order chi connectivity index (χ1) is 8.84. The van der Waals surface area contributed by atoms with Crippen LogP contribution in [0.2, 0.25) is 0 Å². The van der Waals surface area contributed by atoms with Gasteiger partial charge < -0.3 is 14.8 Å². The monoisotopic (exact) mass is 249 g/mol. The maximum Gasteiger partial charge on any atom is 0.0639 e. The number of benzene rings is 1. The van der Waals surface area contributed by atoms with E-state index in [1.807, 2.05) is 0 Å². The number of hydrogen-bond acceptors (Lipinski definition) is 3. The fourth-order valence-electron chi connectivity index (χ4n) is 2.19. The molecule has 1 saturated heterocycles. The molecular weight excluding hydrogens is 226 g/mol. The summed E-state index contributed by atoms with van der Waals surface area (Å²) in [5.74, 6) is 0.692. The largest absolute Gasteiger partial charge is 0.383 e. The van der Waals surface area contributed by atoms with E-state index in [1.165, 1.54) is 11.3 Å². The Morgan fingerprint density at radius 3 is 2.94 bits per heavy atom. The van der Waals surface area contributed by atoms with Gasteiger partial charge >= 0.3 is 0 Å². The highest BCUT2D eigenvalue weighted by atomic mass is 16.5. The third kappa shape index (κ3) is 4.67. The summed E-state index contributed by atoms with van der Waals surface area (Å²) in [4.78, 5) is 0. The molecule has 0 unspecified atom stereocenters. The Hall–Kier alpha value is -1.06. The molecule has 0 aromatic heterocycles. The van der Waals surface area contributed by atoms with Gasteiger partial charge in [-0.3, -0.25) is 0 Å². The van der Waals surface area contributed by atoms with Gasteiger partial charge in [0.15, 0.2) is 0 Å². The van der Waals surface area contributed by atoms with Gasteiger partial charge in [-0.2, -0.15) is 0 Å². The van der Waals surface area contributed by atoms with Gasteiger partial charge in [0.1, 0.15) is 0 Å². The summed E-state index contributed by atoms with van der Waals surface area (Å²) in [5.41, 5.74) is 2.45. The van der Waals surface area contributed by atoms with E-state index in [-0.39, 0.29) is 0 Å². The number of rotatable bonds is 6. The second-order valence-electron chi connectivity index (χ2n) is 4.93. The van der Waals surface area contributed by atoms with Gasteiger partial charge in [-0.1, -0.05) is 12.1 Å². The SMILES string of the molecule is Cc1cccc(NCCOCC2CCOCC2)c1. The zero-order chi connectivity index (χ0) is 12.6. The zero-order valence-electron chi connectivity index (χ0n) is 11.2. The Balaban J connectivity index is 1.55. The predicted molar refractivity (Wildman–Crippen MR) is 74.0 cm³/mol. The van der Waals surface area contributed by atoms with Gasteiger partial charge in [-0.15, -0.1) is 0 Å². The molecular formula is C15H23NO2. The highest BCUT2D eigenvalue weighted by Gasteiger charge is 2.13. The summed E-state index contributed by atoms with van der Waals surface area (Å²) in [6.45, 7) is 6.41. The standard InChI is InChI=1S/C15H23NO2/c1-13-3-2-4-15(11-13)16-7-10-18-12-14-5-8-17-9-6-14/h2-4,11,14,16H,5-10,12H2,1H3. The van der Waals surface area contributed by atoms with Crippen molar-refractivity contribution in [2.75, 3.05) is 38.3 Å². The molecule has 100 valence electrons. The van der Waals surface area contributed by atoms with Gasteiger partial charge in [0.05, 0.1) is 6.61 Å². The Bertz CT molecular complexity index is 348. The summed E-state index contributed by atoms with van der Waals surface area (Å²) in [7, 11) is 0. The predicted octanol–water partition coefficient (Wildman–Crippen LogP) is 2.85. The lowest BCUT2D eigenvalue weighted by Gasteiger charge is -2.21. The Morgan fingerprint density at radius 1 is 1.33 bits per heavy atom. The van der Waals surface area contributed by atoms with Crippen molar-refractivity contribution in [1.29, 1.82) is 0 Å². The van der Waals surface area contributed by atoms with Crippen LogP contribution >= 0.6 is 0 Å². The lowest BCUT2D eigenvalue weighted by atomic mass is 10.0. The van der Waals surface area contributed by atoms with Crippen LogP contribution in [-0.2, 0) is 9.47 Å². The zero-order valence-corrected chi connectivity index (χ0v) is 11.2. The molecule has 0 atom stereocenters. The van der Waals surface area contributed by atoms with Gasteiger partial charge in [0.2, 0.25) is 0 Å². The summed E-state index contributed by atoms with van der Waals surface area (Å²) >= 11 is 0. The molecule has 1 aliphatic rings. The molecule has 1 N–H and O–H groups in total. The summed E-state index contributed by atoms with van der Waals surface area (Å²) in [6, 6.07) is 8.41. The van der Waals surface area contributed by atoms with Crippen molar-refractivity contribution in [3.05, 3.63) is 29.8 Å². The van der Waals surface area contributed by atoms with E-state index in [9.17, 15) is 0 Å². The lowest BCUT2D eigenvalue weighted by Crippen LogP contribution is -2.21. The molecule has 3 heteroatoms. The quantitative estimate of drug-likeness (QED) is 0.786. The van der Waals surface area contributed by atoms with Gasteiger partial charge in [-0.05, 0) is 43.4 Å². The van der Waals surface area contributed by atoms with Crippen LogP contribution in [0.1, 0.15) is 18.4 Å². The van der Waals surface area contributed by atoms with Crippen molar-refractivity contribution < 1.29 is 9.47 Å². The molecule has 0 radical (unpaired) electrons. The third-order valence-corrected chi connectivity index (χ3v) is 3.29. The molecule has 0 saturated carbocycles. The topological polar surface area (TPSA) is 30.5 Å². The normalized spacial score (nSPS) is 16.7. The average molecular weight is 249 g/mol. The molecule has 0 bridgehead atoms. The van der Waals surface area contributed by atoms with Crippen LogP contribution in [0.3, 0.4) is 0 Å². The number of ether oxygens (including phenoxy) is 2. The summed E-state index contributed by atoms with van der Waals surface area (Å²) in [5, 5.41) is 3.37. The van der Waals surface area contributed by atoms with E-state index in [0.717, 1.165) is 45.8 Å². The second-order valence-corrected chi connectivity index (χ2v) is 4.93. The van der Waals surface area contributed by atoms with Crippen molar-refractivity contribution in [3.8, 4) is 0 Å². The Labute approximate surface area is 109 Å². The van der Waals surface area contributed by atoms with Crippen LogP contribution in [0.4, 0.5) is 5.69 Å². The van der Waals surface area contributed by atoms with Crippen LogP contribution in [0, 0.1) is 12.8 Å². The fraction of sp³-hybridized carbons (Fsp3) is 0.600. The number of hydrogen-bond donors (Lipinski definition) is 1. The van der Waals surface area contributed by atoms with Crippen molar-refractivity contribution in [2.45, 2.75) is 19.8 Å². The van der Waals surface area contributed by atoms with Crippen molar-refractivity contribution in [1.82, 2.24) is 0 Å². The molecule has 2 rings (SSSR count). The van der Waals surface area contributed by atoms with E-state index < -0.39 is 0 Å². The molecule has 1 aromatic rings. The first kappa shape index (κ1) is 13.4. The summed E-state index contributed by atoms with van der Waals surface area (Å²) in [6.07, 6.45) is 2.29. The van der Waals surface area contributed by atoms with Crippen molar-refractivity contribution >= 4 is 5.69 Å². The molecule has 0 amide bonds. The van der Waals surface area contributed by atoms with Crippen LogP contribution in [0.15, 0.2) is 24.3 Å². The minimum absolute atomic E-state index is 0.692. The second kappa shape index (κ2) is 7.39. The molecule has 0 aliphatic carbocycles. The Kier molecular flexibility index (Phi) is 5.49. The van der Waals surface area contributed by atoms with Crippen LogP contribution in [0.25, 0.3) is 0 Å². The first-order valence-electron chi connectivity index (χ1n) is 6.80. The van der Waals surface area contributed by atoms with E-state index in [2.05, 4.69) is 36.5 Å².